The maximum atomic E-state index is 9.06. The first-order valence-electron chi connectivity index (χ1n) is 6.22. The molecule has 0 saturated heterocycles. The monoisotopic (exact) mass is 245 g/mol. The Bertz CT molecular complexity index is 540. The summed E-state index contributed by atoms with van der Waals surface area (Å²) in [6, 6.07) is 7.98. The largest absolute Gasteiger partial charge is 0.395 e. The maximum Gasteiger partial charge on any atom is 0.140 e. The molecule has 0 amide bonds. The Kier molecular flexibility index (Phi) is 3.77. The Morgan fingerprint density at radius 2 is 1.94 bits per heavy atom. The summed E-state index contributed by atoms with van der Waals surface area (Å²) in [5, 5.41) is 10.1. The molecule has 0 aliphatic carbocycles. The van der Waals surface area contributed by atoms with Gasteiger partial charge < -0.3 is 10.0 Å². The minimum absolute atomic E-state index is 0.117. The highest BCUT2D eigenvalue weighted by Gasteiger charge is 2.12. The number of benzene rings is 1. The lowest BCUT2D eigenvalue weighted by atomic mass is 10.1. The fraction of sp³-hybridized carbons (Fsp3) is 0.429. The van der Waals surface area contributed by atoms with Crippen LogP contribution in [0.1, 0.15) is 25.6 Å². The molecule has 0 spiro atoms. The second kappa shape index (κ2) is 5.31. The summed E-state index contributed by atoms with van der Waals surface area (Å²) in [6.45, 7) is 4.85. The van der Waals surface area contributed by atoms with Crippen molar-refractivity contribution in [1.29, 1.82) is 0 Å². The van der Waals surface area contributed by atoms with Gasteiger partial charge in [0.1, 0.15) is 11.6 Å². The van der Waals surface area contributed by atoms with Crippen molar-refractivity contribution in [3.05, 3.63) is 30.1 Å². The quantitative estimate of drug-likeness (QED) is 0.897. The number of aromatic nitrogens is 2. The third-order valence-electron chi connectivity index (χ3n) is 2.91. The van der Waals surface area contributed by atoms with Gasteiger partial charge >= 0.3 is 0 Å². The van der Waals surface area contributed by atoms with E-state index >= 15 is 0 Å². The second-order valence-corrected chi connectivity index (χ2v) is 4.72. The Hall–Kier alpha value is -1.68. The molecule has 1 aromatic heterocycles. The summed E-state index contributed by atoms with van der Waals surface area (Å²) in [7, 11) is 1.94. The smallest absolute Gasteiger partial charge is 0.140 e. The lowest BCUT2D eigenvalue weighted by molar-refractivity contribution is 0.304. The Morgan fingerprint density at radius 3 is 2.61 bits per heavy atom. The van der Waals surface area contributed by atoms with Crippen molar-refractivity contribution in [3.8, 4) is 0 Å². The molecule has 1 N–H and O–H groups in total. The Morgan fingerprint density at radius 1 is 1.22 bits per heavy atom. The number of aliphatic hydroxyl groups is 1. The molecule has 2 aromatic rings. The third-order valence-corrected chi connectivity index (χ3v) is 2.91. The normalized spacial score (nSPS) is 11.2. The number of anilines is 1. The first kappa shape index (κ1) is 12.8. The topological polar surface area (TPSA) is 49.2 Å². The van der Waals surface area contributed by atoms with Crippen molar-refractivity contribution >= 4 is 16.7 Å². The molecule has 0 unspecified atom stereocenters. The predicted molar refractivity (Wildman–Crippen MR) is 74.0 cm³/mol. The van der Waals surface area contributed by atoms with E-state index < -0.39 is 0 Å². The molecule has 18 heavy (non-hydrogen) atoms. The third kappa shape index (κ3) is 2.43. The molecule has 96 valence electrons. The zero-order valence-electron chi connectivity index (χ0n) is 11.1. The van der Waals surface area contributed by atoms with Crippen LogP contribution in [-0.4, -0.2) is 35.3 Å². The van der Waals surface area contributed by atoms with E-state index in [1.165, 1.54) is 0 Å². The second-order valence-electron chi connectivity index (χ2n) is 4.72. The van der Waals surface area contributed by atoms with Crippen LogP contribution in [0.3, 0.4) is 0 Å². The van der Waals surface area contributed by atoms with Gasteiger partial charge in [0.25, 0.3) is 0 Å². The van der Waals surface area contributed by atoms with E-state index in [0.717, 1.165) is 22.5 Å². The molecular formula is C14H19N3O. The van der Waals surface area contributed by atoms with Gasteiger partial charge in [0.2, 0.25) is 0 Å². The van der Waals surface area contributed by atoms with Gasteiger partial charge in [0, 0.05) is 24.9 Å². The summed E-state index contributed by atoms with van der Waals surface area (Å²) in [4.78, 5) is 11.2. The standard InChI is InChI=1S/C14H19N3O/c1-10(2)13-15-12-7-5-4-6-11(12)14(16-13)17(3)8-9-18/h4-7,10,18H,8-9H2,1-3H3. The minimum Gasteiger partial charge on any atom is -0.395 e. The van der Waals surface area contributed by atoms with Crippen LogP contribution in [0.4, 0.5) is 5.82 Å². The van der Waals surface area contributed by atoms with Crippen molar-refractivity contribution in [2.75, 3.05) is 25.1 Å². The zero-order valence-corrected chi connectivity index (χ0v) is 11.1. The van der Waals surface area contributed by atoms with Crippen LogP contribution in [0.15, 0.2) is 24.3 Å². The molecule has 4 heteroatoms. The van der Waals surface area contributed by atoms with Gasteiger partial charge in [-0.2, -0.15) is 0 Å². The molecule has 2 rings (SSSR count). The number of aliphatic hydroxyl groups excluding tert-OH is 1. The van der Waals surface area contributed by atoms with Gasteiger partial charge in [-0.3, -0.25) is 0 Å². The van der Waals surface area contributed by atoms with E-state index in [9.17, 15) is 0 Å². The van der Waals surface area contributed by atoms with Crippen LogP contribution in [0.25, 0.3) is 10.9 Å². The average molecular weight is 245 g/mol. The summed E-state index contributed by atoms with van der Waals surface area (Å²) in [5.74, 6) is 2.02. The van der Waals surface area contributed by atoms with Gasteiger partial charge in [-0.05, 0) is 12.1 Å². The van der Waals surface area contributed by atoms with E-state index in [1.54, 1.807) is 0 Å². The van der Waals surface area contributed by atoms with Gasteiger partial charge in [0.05, 0.1) is 12.1 Å². The molecule has 0 atom stereocenters. The molecule has 0 radical (unpaired) electrons. The highest BCUT2D eigenvalue weighted by molar-refractivity contribution is 5.89. The average Bonchev–Trinajstić information content (AvgIpc) is 2.37. The lowest BCUT2D eigenvalue weighted by Gasteiger charge is -2.20. The van der Waals surface area contributed by atoms with Crippen LogP contribution in [-0.2, 0) is 0 Å². The molecule has 0 saturated carbocycles. The molecule has 0 fully saturated rings. The number of hydrogen-bond acceptors (Lipinski definition) is 4. The minimum atomic E-state index is 0.117. The van der Waals surface area contributed by atoms with Crippen molar-refractivity contribution in [3.63, 3.8) is 0 Å². The summed E-state index contributed by atoms with van der Waals surface area (Å²) >= 11 is 0. The number of likely N-dealkylation sites (N-methyl/N-ethyl adjacent to an activating group) is 1. The maximum absolute atomic E-state index is 9.06. The summed E-state index contributed by atoms with van der Waals surface area (Å²) < 4.78 is 0. The van der Waals surface area contributed by atoms with Crippen molar-refractivity contribution < 1.29 is 5.11 Å². The predicted octanol–water partition coefficient (Wildman–Crippen LogP) is 2.18. The molecule has 0 aliphatic rings. The lowest BCUT2D eigenvalue weighted by Crippen LogP contribution is -2.23. The fourth-order valence-corrected chi connectivity index (χ4v) is 1.88. The summed E-state index contributed by atoms with van der Waals surface area (Å²) in [6.07, 6.45) is 0. The van der Waals surface area contributed by atoms with Crippen molar-refractivity contribution in [2.45, 2.75) is 19.8 Å². The molecule has 0 bridgehead atoms. The van der Waals surface area contributed by atoms with Gasteiger partial charge in [-0.1, -0.05) is 26.0 Å². The van der Waals surface area contributed by atoms with Crippen LogP contribution < -0.4 is 4.90 Å². The molecule has 0 aliphatic heterocycles. The van der Waals surface area contributed by atoms with E-state index in [1.807, 2.05) is 36.2 Å². The number of nitrogens with zero attached hydrogens (tertiary/aromatic N) is 3. The Balaban J connectivity index is 2.60. The van der Waals surface area contributed by atoms with Crippen molar-refractivity contribution in [1.82, 2.24) is 9.97 Å². The van der Waals surface area contributed by atoms with E-state index in [4.69, 9.17) is 5.11 Å². The number of para-hydroxylation sites is 1. The summed E-state index contributed by atoms with van der Waals surface area (Å²) in [5.41, 5.74) is 0.955. The van der Waals surface area contributed by atoms with E-state index in [2.05, 4.69) is 23.8 Å². The first-order valence-corrected chi connectivity index (χ1v) is 6.22. The SMILES string of the molecule is CC(C)c1nc(N(C)CCO)c2ccccc2n1. The fourth-order valence-electron chi connectivity index (χ4n) is 1.88. The van der Waals surface area contributed by atoms with Crippen LogP contribution in [0.5, 0.6) is 0 Å². The van der Waals surface area contributed by atoms with Gasteiger partial charge in [-0.25, -0.2) is 9.97 Å². The Labute approximate surface area is 107 Å². The molecule has 1 aromatic carbocycles. The zero-order chi connectivity index (χ0) is 13.1. The van der Waals surface area contributed by atoms with Gasteiger partial charge in [-0.15, -0.1) is 0 Å². The van der Waals surface area contributed by atoms with Crippen LogP contribution in [0, 0.1) is 0 Å². The van der Waals surface area contributed by atoms with E-state index in [0.29, 0.717) is 6.54 Å². The number of hydrogen-bond donors (Lipinski definition) is 1. The molecular weight excluding hydrogens is 226 g/mol. The highest BCUT2D eigenvalue weighted by atomic mass is 16.3. The highest BCUT2D eigenvalue weighted by Crippen LogP contribution is 2.24. The number of rotatable bonds is 4. The van der Waals surface area contributed by atoms with Gasteiger partial charge in [0.15, 0.2) is 0 Å². The molecule has 1 heterocycles. The van der Waals surface area contributed by atoms with Crippen LogP contribution in [0.2, 0.25) is 0 Å². The molecule has 4 nitrogen and oxygen atoms in total. The first-order chi connectivity index (χ1) is 8.63. The number of fused-ring (bicyclic) bond motifs is 1. The van der Waals surface area contributed by atoms with Crippen molar-refractivity contribution in [2.24, 2.45) is 0 Å². The van der Waals surface area contributed by atoms with Crippen LogP contribution >= 0.6 is 0 Å². The van der Waals surface area contributed by atoms with E-state index in [-0.39, 0.29) is 12.5 Å².